The van der Waals surface area contributed by atoms with Crippen molar-refractivity contribution < 1.29 is 4.79 Å². The summed E-state index contributed by atoms with van der Waals surface area (Å²) in [5, 5.41) is 2.67. The van der Waals surface area contributed by atoms with Crippen LogP contribution in [0.15, 0.2) is 36.5 Å². The van der Waals surface area contributed by atoms with E-state index in [4.69, 9.17) is 5.73 Å². The second-order valence-electron chi connectivity index (χ2n) is 4.02. The minimum absolute atomic E-state index is 0.144. The number of rotatable bonds is 4. The van der Waals surface area contributed by atoms with Gasteiger partial charge in [-0.2, -0.15) is 0 Å². The van der Waals surface area contributed by atoms with Crippen LogP contribution in [0.2, 0.25) is 0 Å². The summed E-state index contributed by atoms with van der Waals surface area (Å²) in [5.74, 6) is -0.00712. The maximum Gasteiger partial charge on any atom is 0.241 e. The second-order valence-corrected chi connectivity index (χ2v) is 4.02. The Morgan fingerprint density at radius 1 is 1.31 bits per heavy atom. The van der Waals surface area contributed by atoms with Crippen LogP contribution in [-0.4, -0.2) is 11.9 Å². The zero-order valence-corrected chi connectivity index (χ0v) is 9.68. The molecule has 1 aromatic rings. The van der Waals surface area contributed by atoms with Crippen LogP contribution in [0.4, 0.5) is 0 Å². The van der Waals surface area contributed by atoms with Gasteiger partial charge in [0.25, 0.3) is 0 Å². The Kier molecular flexibility index (Phi) is 4.73. The van der Waals surface area contributed by atoms with Gasteiger partial charge in [0.15, 0.2) is 0 Å². The van der Waals surface area contributed by atoms with Crippen LogP contribution in [0, 0.1) is 5.92 Å². The molecule has 0 aliphatic carbocycles. The van der Waals surface area contributed by atoms with Crippen molar-refractivity contribution in [2.24, 2.45) is 11.7 Å². The third-order valence-electron chi connectivity index (χ3n) is 2.32. The highest BCUT2D eigenvalue weighted by Crippen LogP contribution is 2.01. The topological polar surface area (TPSA) is 55.1 Å². The molecule has 0 fully saturated rings. The quantitative estimate of drug-likeness (QED) is 0.809. The first-order valence-electron chi connectivity index (χ1n) is 5.39. The number of hydrogen-bond acceptors (Lipinski definition) is 2. The fourth-order valence-electron chi connectivity index (χ4n) is 1.18. The molecule has 0 radical (unpaired) electrons. The zero-order chi connectivity index (χ0) is 12.0. The van der Waals surface area contributed by atoms with Crippen molar-refractivity contribution in [3.8, 4) is 0 Å². The van der Waals surface area contributed by atoms with E-state index in [0.29, 0.717) is 0 Å². The van der Waals surface area contributed by atoms with E-state index in [0.717, 1.165) is 5.56 Å². The minimum atomic E-state index is -0.458. The fraction of sp³-hybridized carbons (Fsp3) is 0.308. The SMILES string of the molecule is CC(C)C(N)C(=O)NC=Cc1ccccc1. The predicted octanol–water partition coefficient (Wildman–Crippen LogP) is 1.76. The molecule has 0 aliphatic rings. The maximum atomic E-state index is 11.5. The smallest absolute Gasteiger partial charge is 0.241 e. The van der Waals surface area contributed by atoms with Gasteiger partial charge in [-0.05, 0) is 17.6 Å². The van der Waals surface area contributed by atoms with E-state index in [9.17, 15) is 4.79 Å². The van der Waals surface area contributed by atoms with Crippen LogP contribution >= 0.6 is 0 Å². The van der Waals surface area contributed by atoms with E-state index in [-0.39, 0.29) is 11.8 Å². The van der Waals surface area contributed by atoms with Gasteiger partial charge in [0.05, 0.1) is 6.04 Å². The van der Waals surface area contributed by atoms with Crippen molar-refractivity contribution in [3.63, 3.8) is 0 Å². The lowest BCUT2D eigenvalue weighted by atomic mass is 10.1. The molecule has 0 aromatic heterocycles. The Balaban J connectivity index is 2.46. The number of carbonyl (C=O) groups is 1. The Hall–Kier alpha value is -1.61. The zero-order valence-electron chi connectivity index (χ0n) is 9.68. The first-order valence-corrected chi connectivity index (χ1v) is 5.39. The molecule has 0 heterocycles. The average Bonchev–Trinajstić information content (AvgIpc) is 2.29. The predicted molar refractivity (Wildman–Crippen MR) is 66.4 cm³/mol. The molecule has 16 heavy (non-hydrogen) atoms. The summed E-state index contributed by atoms with van der Waals surface area (Å²) in [5.41, 5.74) is 6.74. The molecule has 0 spiro atoms. The lowest BCUT2D eigenvalue weighted by molar-refractivity contribution is -0.122. The number of hydrogen-bond donors (Lipinski definition) is 2. The van der Waals surface area contributed by atoms with Gasteiger partial charge in [-0.1, -0.05) is 44.2 Å². The Labute approximate surface area is 96.3 Å². The van der Waals surface area contributed by atoms with Gasteiger partial charge in [-0.3, -0.25) is 4.79 Å². The lowest BCUT2D eigenvalue weighted by Crippen LogP contribution is -2.41. The van der Waals surface area contributed by atoms with Crippen molar-refractivity contribution in [2.45, 2.75) is 19.9 Å². The van der Waals surface area contributed by atoms with Crippen LogP contribution in [-0.2, 0) is 4.79 Å². The Morgan fingerprint density at radius 2 is 1.94 bits per heavy atom. The van der Waals surface area contributed by atoms with E-state index >= 15 is 0 Å². The summed E-state index contributed by atoms with van der Waals surface area (Å²) in [6.07, 6.45) is 3.46. The van der Waals surface area contributed by atoms with Gasteiger partial charge in [-0.15, -0.1) is 0 Å². The standard InChI is InChI=1S/C13H18N2O/c1-10(2)12(14)13(16)15-9-8-11-6-4-3-5-7-11/h3-10,12H,14H2,1-2H3,(H,15,16). The van der Waals surface area contributed by atoms with Crippen LogP contribution in [0.1, 0.15) is 19.4 Å². The van der Waals surface area contributed by atoms with Crippen LogP contribution in [0.5, 0.6) is 0 Å². The number of amides is 1. The molecule has 1 unspecified atom stereocenters. The summed E-state index contributed by atoms with van der Waals surface area (Å²) in [6.45, 7) is 3.84. The van der Waals surface area contributed by atoms with Crippen LogP contribution in [0.25, 0.3) is 6.08 Å². The molecule has 3 nitrogen and oxygen atoms in total. The number of benzene rings is 1. The first-order chi connectivity index (χ1) is 7.61. The van der Waals surface area contributed by atoms with E-state index in [1.807, 2.05) is 50.3 Å². The molecule has 1 aromatic carbocycles. The van der Waals surface area contributed by atoms with E-state index in [1.165, 1.54) is 0 Å². The van der Waals surface area contributed by atoms with Crippen molar-refractivity contribution in [3.05, 3.63) is 42.1 Å². The highest BCUT2D eigenvalue weighted by Gasteiger charge is 2.15. The molecular weight excluding hydrogens is 200 g/mol. The molecule has 1 atom stereocenters. The van der Waals surface area contributed by atoms with E-state index < -0.39 is 6.04 Å². The van der Waals surface area contributed by atoms with Gasteiger partial charge in [-0.25, -0.2) is 0 Å². The van der Waals surface area contributed by atoms with Gasteiger partial charge >= 0.3 is 0 Å². The fourth-order valence-corrected chi connectivity index (χ4v) is 1.18. The molecule has 0 saturated carbocycles. The van der Waals surface area contributed by atoms with E-state index in [2.05, 4.69) is 5.32 Å². The van der Waals surface area contributed by atoms with Crippen LogP contribution in [0.3, 0.4) is 0 Å². The molecule has 0 aliphatic heterocycles. The van der Waals surface area contributed by atoms with Gasteiger partial charge in [0, 0.05) is 6.20 Å². The third-order valence-corrected chi connectivity index (χ3v) is 2.32. The summed E-state index contributed by atoms with van der Waals surface area (Å²) in [7, 11) is 0. The average molecular weight is 218 g/mol. The number of nitrogens with one attached hydrogen (secondary N) is 1. The van der Waals surface area contributed by atoms with Crippen molar-refractivity contribution in [2.75, 3.05) is 0 Å². The summed E-state index contributed by atoms with van der Waals surface area (Å²) in [4.78, 5) is 11.5. The van der Waals surface area contributed by atoms with Crippen molar-refractivity contribution >= 4 is 12.0 Å². The third kappa shape index (κ3) is 3.87. The lowest BCUT2D eigenvalue weighted by Gasteiger charge is -2.13. The van der Waals surface area contributed by atoms with E-state index in [1.54, 1.807) is 6.20 Å². The molecule has 1 rings (SSSR count). The largest absolute Gasteiger partial charge is 0.331 e. The minimum Gasteiger partial charge on any atom is -0.331 e. The Morgan fingerprint density at radius 3 is 2.50 bits per heavy atom. The molecule has 86 valence electrons. The highest BCUT2D eigenvalue weighted by molar-refractivity contribution is 5.83. The normalized spacial score (nSPS) is 13.0. The highest BCUT2D eigenvalue weighted by atomic mass is 16.2. The molecule has 0 bridgehead atoms. The van der Waals surface area contributed by atoms with Crippen molar-refractivity contribution in [1.29, 1.82) is 0 Å². The molecule has 0 saturated heterocycles. The summed E-state index contributed by atoms with van der Waals surface area (Å²) < 4.78 is 0. The maximum absolute atomic E-state index is 11.5. The second kappa shape index (κ2) is 6.08. The van der Waals surface area contributed by atoms with Crippen molar-refractivity contribution in [1.82, 2.24) is 5.32 Å². The molecular formula is C13H18N2O. The molecule has 3 N–H and O–H groups in total. The first kappa shape index (κ1) is 12.5. The monoisotopic (exact) mass is 218 g/mol. The van der Waals surface area contributed by atoms with Gasteiger partial charge in [0.1, 0.15) is 0 Å². The summed E-state index contributed by atoms with van der Waals surface area (Å²) >= 11 is 0. The summed E-state index contributed by atoms with van der Waals surface area (Å²) in [6, 6.07) is 9.31. The number of carbonyl (C=O) groups excluding carboxylic acids is 1. The van der Waals surface area contributed by atoms with Crippen LogP contribution < -0.4 is 11.1 Å². The number of nitrogens with two attached hydrogens (primary N) is 1. The Bertz CT molecular complexity index is 357. The van der Waals surface area contributed by atoms with Gasteiger partial charge < -0.3 is 11.1 Å². The molecule has 1 amide bonds. The van der Waals surface area contributed by atoms with Gasteiger partial charge in [0.2, 0.25) is 5.91 Å². The molecule has 3 heteroatoms.